The molecule has 2 aromatic carbocycles. The summed E-state index contributed by atoms with van der Waals surface area (Å²) in [4.78, 5) is 12.8. The number of nitrogens with zero attached hydrogens (tertiary/aromatic N) is 3. The van der Waals surface area contributed by atoms with Gasteiger partial charge in [-0.1, -0.05) is 24.7 Å². The minimum Gasteiger partial charge on any atom is -0.322 e. The minimum atomic E-state index is -3.85. The molecule has 1 amide bonds. The Kier molecular flexibility index (Phi) is 7.73. The van der Waals surface area contributed by atoms with Gasteiger partial charge in [-0.15, -0.1) is 10.2 Å². The highest BCUT2D eigenvalue weighted by atomic mass is 32.2. The second-order valence-corrected chi connectivity index (χ2v) is 13.1. The number of hydrogen-bond donors (Lipinski definition) is 2. The Labute approximate surface area is 214 Å². The summed E-state index contributed by atoms with van der Waals surface area (Å²) in [6.07, 6.45) is 3.34. The quantitative estimate of drug-likeness (QED) is 0.437. The van der Waals surface area contributed by atoms with Crippen LogP contribution in [-0.2, 0) is 26.5 Å². The minimum absolute atomic E-state index is 0.00949. The fraction of sp³-hybridized carbons (Fsp3) is 0.348. The molecule has 1 aliphatic rings. The number of aromatic nitrogens is 2. The Balaban J connectivity index is 1.41. The van der Waals surface area contributed by atoms with Crippen LogP contribution in [0.2, 0.25) is 0 Å². The zero-order valence-corrected chi connectivity index (χ0v) is 22.3. The van der Waals surface area contributed by atoms with Crippen LogP contribution >= 0.6 is 11.3 Å². The van der Waals surface area contributed by atoms with Crippen LogP contribution in [0.5, 0.6) is 0 Å². The van der Waals surface area contributed by atoms with Crippen LogP contribution in [0.1, 0.15) is 48.5 Å². The van der Waals surface area contributed by atoms with E-state index < -0.39 is 26.0 Å². The van der Waals surface area contributed by atoms with Crippen molar-refractivity contribution < 1.29 is 21.6 Å². The number of piperidine rings is 1. The summed E-state index contributed by atoms with van der Waals surface area (Å²) in [6.45, 7) is 4.30. The van der Waals surface area contributed by atoms with Gasteiger partial charge in [0.05, 0.1) is 9.79 Å². The Bertz CT molecular complexity index is 1440. The molecule has 0 spiro atoms. The number of carbonyl (C=O) groups excluding carboxylic acids is 1. The molecule has 0 radical (unpaired) electrons. The van der Waals surface area contributed by atoms with Gasteiger partial charge in [-0.05, 0) is 74.7 Å². The van der Waals surface area contributed by atoms with Gasteiger partial charge >= 0.3 is 0 Å². The first-order valence-corrected chi connectivity index (χ1v) is 15.2. The molecule has 1 atom stereocenters. The van der Waals surface area contributed by atoms with Crippen molar-refractivity contribution in [1.82, 2.24) is 14.5 Å². The van der Waals surface area contributed by atoms with Crippen LogP contribution in [0.3, 0.4) is 0 Å². The number of nitrogens with one attached hydrogen (secondary N) is 2. The molecular weight excluding hydrogens is 522 g/mol. The lowest BCUT2D eigenvalue weighted by atomic mass is 10.1. The van der Waals surface area contributed by atoms with Gasteiger partial charge in [-0.25, -0.2) is 16.8 Å². The number of anilines is 2. The first-order chi connectivity index (χ1) is 17.1. The van der Waals surface area contributed by atoms with E-state index in [4.69, 9.17) is 0 Å². The number of sulfonamides is 2. The van der Waals surface area contributed by atoms with Crippen molar-refractivity contribution in [3.63, 3.8) is 0 Å². The predicted molar refractivity (Wildman–Crippen MR) is 138 cm³/mol. The maximum absolute atomic E-state index is 13.0. The van der Waals surface area contributed by atoms with E-state index in [1.165, 1.54) is 52.8 Å². The summed E-state index contributed by atoms with van der Waals surface area (Å²) in [5.41, 5.74) is 0.670. The average Bonchev–Trinajstić information content (AvgIpc) is 3.31. The van der Waals surface area contributed by atoms with Gasteiger partial charge in [0.2, 0.25) is 15.2 Å². The van der Waals surface area contributed by atoms with Crippen molar-refractivity contribution in [1.29, 1.82) is 0 Å². The van der Waals surface area contributed by atoms with Gasteiger partial charge < -0.3 is 5.32 Å². The van der Waals surface area contributed by atoms with E-state index >= 15 is 0 Å². The number of aryl methyl sites for hydroxylation is 1. The van der Waals surface area contributed by atoms with E-state index in [0.29, 0.717) is 18.7 Å². The monoisotopic (exact) mass is 549 g/mol. The second kappa shape index (κ2) is 10.6. The first kappa shape index (κ1) is 26.2. The van der Waals surface area contributed by atoms with Gasteiger partial charge in [0.25, 0.3) is 15.9 Å². The lowest BCUT2D eigenvalue weighted by molar-refractivity contribution is 0.102. The van der Waals surface area contributed by atoms with Crippen LogP contribution in [0.4, 0.5) is 10.8 Å². The summed E-state index contributed by atoms with van der Waals surface area (Å²) in [5, 5.41) is 11.3. The third-order valence-corrected chi connectivity index (χ3v) is 10.4. The maximum atomic E-state index is 13.0. The van der Waals surface area contributed by atoms with E-state index in [1.807, 2.05) is 13.8 Å². The van der Waals surface area contributed by atoms with E-state index in [0.717, 1.165) is 35.6 Å². The van der Waals surface area contributed by atoms with Crippen LogP contribution in [0.15, 0.2) is 58.3 Å². The lowest BCUT2D eigenvalue weighted by Gasteiger charge is -2.32. The number of carbonyl (C=O) groups is 1. The molecule has 0 saturated carbocycles. The molecule has 3 aromatic rings. The van der Waals surface area contributed by atoms with Crippen molar-refractivity contribution in [3.05, 3.63) is 59.1 Å². The van der Waals surface area contributed by atoms with Crippen LogP contribution in [-0.4, -0.2) is 49.8 Å². The average molecular weight is 550 g/mol. The van der Waals surface area contributed by atoms with Crippen molar-refractivity contribution >= 4 is 48.1 Å². The number of benzene rings is 2. The largest absolute Gasteiger partial charge is 0.322 e. The zero-order valence-electron chi connectivity index (χ0n) is 19.8. The Morgan fingerprint density at radius 2 is 1.67 bits per heavy atom. The fourth-order valence-corrected chi connectivity index (χ4v) is 7.48. The third-order valence-electron chi connectivity index (χ3n) is 5.88. The molecular formula is C23H27N5O5S3. The Hall–Kier alpha value is -2.87. The standard InChI is InChI=1S/C23H27N5O5S3/c1-3-21-25-26-23(34-21)27-35(30,31)19-13-9-18(10-14-19)24-22(29)17-7-11-20(12-8-17)36(32,33)28-15-5-4-6-16(28)2/h7-14,16H,3-6,15H2,1-2H3,(H,24,29)(H,26,27)/t16-/m0/s1. The van der Waals surface area contributed by atoms with Crippen LogP contribution < -0.4 is 10.0 Å². The molecule has 0 unspecified atom stereocenters. The molecule has 192 valence electrons. The molecule has 10 nitrogen and oxygen atoms in total. The topological polar surface area (TPSA) is 138 Å². The van der Waals surface area contributed by atoms with E-state index in [9.17, 15) is 21.6 Å². The highest BCUT2D eigenvalue weighted by Gasteiger charge is 2.31. The molecule has 2 N–H and O–H groups in total. The first-order valence-electron chi connectivity index (χ1n) is 11.5. The molecule has 1 aliphatic heterocycles. The normalized spacial score (nSPS) is 17.0. The van der Waals surface area contributed by atoms with E-state index in [-0.39, 0.29) is 26.5 Å². The molecule has 4 rings (SSSR count). The number of rotatable bonds is 8. The Morgan fingerprint density at radius 3 is 2.28 bits per heavy atom. The van der Waals surface area contributed by atoms with Crippen molar-refractivity contribution in [2.24, 2.45) is 0 Å². The highest BCUT2D eigenvalue weighted by Crippen LogP contribution is 2.26. The molecule has 1 aromatic heterocycles. The fourth-order valence-electron chi connectivity index (χ4n) is 3.87. The predicted octanol–water partition coefficient (Wildman–Crippen LogP) is 3.72. The second-order valence-electron chi connectivity index (χ2n) is 8.42. The molecule has 0 bridgehead atoms. The van der Waals surface area contributed by atoms with Gasteiger partial charge in [0.15, 0.2) is 0 Å². The van der Waals surface area contributed by atoms with Gasteiger partial charge in [-0.2, -0.15) is 4.31 Å². The van der Waals surface area contributed by atoms with Crippen LogP contribution in [0, 0.1) is 0 Å². The molecule has 36 heavy (non-hydrogen) atoms. The van der Waals surface area contributed by atoms with Crippen molar-refractivity contribution in [3.8, 4) is 0 Å². The summed E-state index contributed by atoms with van der Waals surface area (Å²) in [6, 6.07) is 11.4. The van der Waals surface area contributed by atoms with Gasteiger partial charge in [0, 0.05) is 23.8 Å². The summed E-state index contributed by atoms with van der Waals surface area (Å²) in [7, 11) is -7.48. The lowest BCUT2D eigenvalue weighted by Crippen LogP contribution is -2.41. The summed E-state index contributed by atoms with van der Waals surface area (Å²) < 4.78 is 55.1. The van der Waals surface area contributed by atoms with Gasteiger partial charge in [0.1, 0.15) is 5.01 Å². The number of hydrogen-bond acceptors (Lipinski definition) is 8. The van der Waals surface area contributed by atoms with E-state index in [2.05, 4.69) is 20.2 Å². The number of amides is 1. The molecule has 13 heteroatoms. The Morgan fingerprint density at radius 1 is 1.00 bits per heavy atom. The molecule has 1 fully saturated rings. The van der Waals surface area contributed by atoms with Crippen molar-refractivity contribution in [2.75, 3.05) is 16.6 Å². The molecule has 1 saturated heterocycles. The van der Waals surface area contributed by atoms with Crippen molar-refractivity contribution in [2.45, 2.75) is 55.4 Å². The molecule has 2 heterocycles. The molecule has 0 aliphatic carbocycles. The zero-order chi connectivity index (χ0) is 25.9. The summed E-state index contributed by atoms with van der Waals surface area (Å²) in [5.74, 6) is -0.444. The highest BCUT2D eigenvalue weighted by molar-refractivity contribution is 7.93. The van der Waals surface area contributed by atoms with E-state index in [1.54, 1.807) is 0 Å². The SMILES string of the molecule is CCc1nnc(NS(=O)(=O)c2ccc(NC(=O)c3ccc(S(=O)(=O)N4CCCC[C@@H]4C)cc3)cc2)s1. The third kappa shape index (κ3) is 5.75. The van der Waals surface area contributed by atoms with Crippen LogP contribution in [0.25, 0.3) is 0 Å². The smallest absolute Gasteiger partial charge is 0.263 e. The maximum Gasteiger partial charge on any atom is 0.263 e. The van der Waals surface area contributed by atoms with Gasteiger partial charge in [-0.3, -0.25) is 9.52 Å². The summed E-state index contributed by atoms with van der Waals surface area (Å²) >= 11 is 1.16.